The predicted molar refractivity (Wildman–Crippen MR) is 79.0 cm³/mol. The molecule has 114 valence electrons. The van der Waals surface area contributed by atoms with E-state index in [0.717, 1.165) is 18.3 Å². The lowest BCUT2D eigenvalue weighted by Crippen LogP contribution is -2.24. The molecule has 2 aromatic rings. The molecule has 0 radical (unpaired) electrons. The zero-order chi connectivity index (χ0) is 15.9. The fraction of sp³-hybridized carbons (Fsp3) is 0.0667. The van der Waals surface area contributed by atoms with E-state index in [1.165, 1.54) is 6.07 Å². The van der Waals surface area contributed by atoms with Gasteiger partial charge in [-0.25, -0.2) is 14.2 Å². The highest BCUT2D eigenvalue weighted by atomic mass is 35.5. The number of rotatable bonds is 5. The third kappa shape index (κ3) is 4.26. The quantitative estimate of drug-likeness (QED) is 0.678. The Morgan fingerprint density at radius 2 is 1.86 bits per heavy atom. The molecule has 2 rings (SSSR count). The zero-order valence-corrected chi connectivity index (χ0v) is 12.0. The predicted octanol–water partition coefficient (Wildman–Crippen LogP) is 3.15. The lowest BCUT2D eigenvalue weighted by Gasteiger charge is -2.06. The first-order chi connectivity index (χ1) is 10.6. The summed E-state index contributed by atoms with van der Waals surface area (Å²) in [6.45, 7) is -0.333. The summed E-state index contributed by atoms with van der Waals surface area (Å²) in [5.74, 6) is -1.79. The number of amides is 1. The highest BCUT2D eigenvalue weighted by Crippen LogP contribution is 2.22. The van der Waals surface area contributed by atoms with Gasteiger partial charge in [0.2, 0.25) is 0 Å². The molecule has 0 aromatic heterocycles. The maximum atomic E-state index is 13.3. The maximum Gasteiger partial charge on any atom is 0.277 e. The number of hydrazone groups is 1. The smallest absolute Gasteiger partial charge is 0.277 e. The Bertz CT molecular complexity index is 687. The third-order valence-electron chi connectivity index (χ3n) is 2.58. The van der Waals surface area contributed by atoms with E-state index in [2.05, 4.69) is 10.5 Å². The van der Waals surface area contributed by atoms with Gasteiger partial charge in [0.05, 0.1) is 16.8 Å². The lowest BCUT2D eigenvalue weighted by atomic mass is 10.2. The van der Waals surface area contributed by atoms with E-state index in [1.807, 2.05) is 0 Å². The summed E-state index contributed by atoms with van der Waals surface area (Å²) in [6.07, 6.45) is 0.887. The molecule has 0 spiro atoms. The Hall–Kier alpha value is -2.47. The molecule has 7 heteroatoms. The average molecular weight is 325 g/mol. The van der Waals surface area contributed by atoms with E-state index in [0.29, 0.717) is 10.8 Å². The van der Waals surface area contributed by atoms with Crippen LogP contribution in [0.3, 0.4) is 0 Å². The Balaban J connectivity index is 1.88. The van der Waals surface area contributed by atoms with Crippen LogP contribution in [0.15, 0.2) is 47.6 Å². The van der Waals surface area contributed by atoms with Crippen molar-refractivity contribution in [1.29, 1.82) is 0 Å². The lowest BCUT2D eigenvalue weighted by molar-refractivity contribution is -0.123. The van der Waals surface area contributed by atoms with Crippen LogP contribution in [-0.2, 0) is 4.79 Å². The van der Waals surface area contributed by atoms with E-state index in [4.69, 9.17) is 16.3 Å². The summed E-state index contributed by atoms with van der Waals surface area (Å²) in [6, 6.07) is 10.1. The van der Waals surface area contributed by atoms with E-state index < -0.39 is 17.5 Å². The van der Waals surface area contributed by atoms with Gasteiger partial charge < -0.3 is 4.74 Å². The van der Waals surface area contributed by atoms with E-state index in [1.54, 1.807) is 24.3 Å². The number of benzene rings is 2. The second kappa shape index (κ2) is 7.51. The minimum absolute atomic E-state index is 0.333. The number of nitrogens with zero attached hydrogens (tertiary/aromatic N) is 1. The number of carbonyl (C=O) groups is 1. The van der Waals surface area contributed by atoms with Gasteiger partial charge in [-0.2, -0.15) is 5.10 Å². The van der Waals surface area contributed by atoms with Gasteiger partial charge in [0, 0.05) is 0 Å². The van der Waals surface area contributed by atoms with Crippen molar-refractivity contribution in [2.45, 2.75) is 0 Å². The molecular weight excluding hydrogens is 314 g/mol. The van der Waals surface area contributed by atoms with Crippen LogP contribution in [0, 0.1) is 11.6 Å². The van der Waals surface area contributed by atoms with Crippen molar-refractivity contribution in [2.75, 3.05) is 6.61 Å². The Labute approximate surface area is 130 Å². The standard InChI is InChI=1S/C15H11ClF2N2O2/c16-11-4-1-2-7-14(11)22-9-15(21)20-19-8-10-12(17)5-3-6-13(10)18/h1-8H,9H2,(H,20,21)/b19-8-. The van der Waals surface area contributed by atoms with Gasteiger partial charge in [0.15, 0.2) is 6.61 Å². The molecule has 2 aromatic carbocycles. The Kier molecular flexibility index (Phi) is 5.43. The second-order valence-electron chi connectivity index (χ2n) is 4.15. The Morgan fingerprint density at radius 3 is 2.55 bits per heavy atom. The van der Waals surface area contributed by atoms with Crippen molar-refractivity contribution < 1.29 is 18.3 Å². The molecule has 22 heavy (non-hydrogen) atoms. The monoisotopic (exact) mass is 324 g/mol. The first-order valence-corrected chi connectivity index (χ1v) is 6.59. The molecule has 0 fully saturated rings. The molecule has 4 nitrogen and oxygen atoms in total. The molecule has 0 unspecified atom stereocenters. The Morgan fingerprint density at radius 1 is 1.18 bits per heavy atom. The number of nitrogens with one attached hydrogen (secondary N) is 1. The average Bonchev–Trinajstić information content (AvgIpc) is 2.49. The van der Waals surface area contributed by atoms with Crippen molar-refractivity contribution in [1.82, 2.24) is 5.43 Å². The summed E-state index contributed by atoms with van der Waals surface area (Å²) in [7, 11) is 0. The number of para-hydroxylation sites is 1. The number of hydrogen-bond donors (Lipinski definition) is 1. The van der Waals surface area contributed by atoms with Gasteiger partial charge in [0.1, 0.15) is 17.4 Å². The molecule has 0 saturated heterocycles. The SMILES string of the molecule is O=C(COc1ccccc1Cl)N/N=C\c1c(F)cccc1F. The normalized spacial score (nSPS) is 10.7. The van der Waals surface area contributed by atoms with Crippen molar-refractivity contribution in [2.24, 2.45) is 5.10 Å². The minimum atomic E-state index is -0.773. The van der Waals surface area contributed by atoms with Gasteiger partial charge in [-0.15, -0.1) is 0 Å². The van der Waals surface area contributed by atoms with Crippen molar-refractivity contribution in [3.05, 3.63) is 64.7 Å². The fourth-order valence-corrected chi connectivity index (χ4v) is 1.73. The number of hydrogen-bond acceptors (Lipinski definition) is 3. The molecule has 0 aliphatic heterocycles. The van der Waals surface area contributed by atoms with Crippen LogP contribution in [0.25, 0.3) is 0 Å². The molecular formula is C15H11ClF2N2O2. The summed E-state index contributed by atoms with van der Waals surface area (Å²) in [4.78, 5) is 11.5. The van der Waals surface area contributed by atoms with Crippen molar-refractivity contribution in [3.63, 3.8) is 0 Å². The topological polar surface area (TPSA) is 50.7 Å². The summed E-state index contributed by atoms with van der Waals surface area (Å²) >= 11 is 5.86. The van der Waals surface area contributed by atoms with E-state index in [9.17, 15) is 13.6 Å². The molecule has 0 aliphatic rings. The molecule has 1 amide bonds. The minimum Gasteiger partial charge on any atom is -0.482 e. The van der Waals surface area contributed by atoms with Crippen LogP contribution < -0.4 is 10.2 Å². The maximum absolute atomic E-state index is 13.3. The van der Waals surface area contributed by atoms with Crippen LogP contribution in [0.5, 0.6) is 5.75 Å². The van der Waals surface area contributed by atoms with Gasteiger partial charge in [0.25, 0.3) is 5.91 Å². The summed E-state index contributed by atoms with van der Waals surface area (Å²) in [5, 5.41) is 3.85. The van der Waals surface area contributed by atoms with E-state index in [-0.39, 0.29) is 12.2 Å². The third-order valence-corrected chi connectivity index (χ3v) is 2.89. The number of ether oxygens (including phenoxy) is 1. The molecule has 0 aliphatic carbocycles. The van der Waals surface area contributed by atoms with Crippen LogP contribution in [-0.4, -0.2) is 18.7 Å². The van der Waals surface area contributed by atoms with Gasteiger partial charge in [-0.1, -0.05) is 29.8 Å². The fourth-order valence-electron chi connectivity index (χ4n) is 1.54. The largest absolute Gasteiger partial charge is 0.482 e. The highest BCUT2D eigenvalue weighted by Gasteiger charge is 2.06. The molecule has 0 saturated carbocycles. The van der Waals surface area contributed by atoms with Gasteiger partial charge in [-0.3, -0.25) is 4.79 Å². The van der Waals surface area contributed by atoms with Crippen LogP contribution in [0.2, 0.25) is 5.02 Å². The highest BCUT2D eigenvalue weighted by molar-refractivity contribution is 6.32. The molecule has 0 atom stereocenters. The summed E-state index contributed by atoms with van der Waals surface area (Å²) in [5.41, 5.74) is 1.77. The van der Waals surface area contributed by atoms with Gasteiger partial charge in [-0.05, 0) is 24.3 Å². The number of halogens is 3. The number of carbonyl (C=O) groups excluding carboxylic acids is 1. The zero-order valence-electron chi connectivity index (χ0n) is 11.2. The first-order valence-electron chi connectivity index (χ1n) is 6.21. The first kappa shape index (κ1) is 15.9. The molecule has 0 bridgehead atoms. The van der Waals surface area contributed by atoms with Gasteiger partial charge >= 0.3 is 0 Å². The summed E-state index contributed by atoms with van der Waals surface area (Å²) < 4.78 is 31.8. The molecule has 1 N–H and O–H groups in total. The van der Waals surface area contributed by atoms with Crippen LogP contribution in [0.4, 0.5) is 8.78 Å². The second-order valence-corrected chi connectivity index (χ2v) is 4.55. The van der Waals surface area contributed by atoms with E-state index >= 15 is 0 Å². The van der Waals surface area contributed by atoms with Crippen molar-refractivity contribution >= 4 is 23.7 Å². The van der Waals surface area contributed by atoms with Crippen molar-refractivity contribution in [3.8, 4) is 5.75 Å². The van der Waals surface area contributed by atoms with Crippen LogP contribution >= 0.6 is 11.6 Å². The van der Waals surface area contributed by atoms with Crippen LogP contribution in [0.1, 0.15) is 5.56 Å². The molecule has 0 heterocycles.